The maximum absolute atomic E-state index is 10.3. The van der Waals surface area contributed by atoms with Crippen molar-refractivity contribution in [2.24, 2.45) is 0 Å². The van der Waals surface area contributed by atoms with Crippen LogP contribution in [0.5, 0.6) is 0 Å². The van der Waals surface area contributed by atoms with Gasteiger partial charge in [0, 0.05) is 5.69 Å². The molecule has 0 aliphatic heterocycles. The van der Waals surface area contributed by atoms with E-state index in [-0.39, 0.29) is 67.5 Å². The fourth-order valence-corrected chi connectivity index (χ4v) is 0.672. The summed E-state index contributed by atoms with van der Waals surface area (Å²) >= 11 is 0. The number of hydrogen-bond acceptors (Lipinski definition) is 2. The molecule has 0 aliphatic carbocycles. The topological polar surface area (TPSA) is 63.3 Å². The molecule has 3 N–H and O–H groups in total. The molecule has 56 valence electrons. The van der Waals surface area contributed by atoms with E-state index in [9.17, 15) is 4.79 Å². The average molecular weight is 185 g/mol. The zero-order valence-electron chi connectivity index (χ0n) is 9.24. The summed E-state index contributed by atoms with van der Waals surface area (Å²) in [5, 5.41) is 8.45. The average Bonchev–Trinajstić information content (AvgIpc) is 1.88. The largest absolute Gasteiger partial charge is 1.00 e. The van der Waals surface area contributed by atoms with Gasteiger partial charge in [-0.05, 0) is 18.2 Å². The van der Waals surface area contributed by atoms with E-state index >= 15 is 0 Å². The molecule has 0 aliphatic rings. The minimum absolute atomic E-state index is 0. The van der Waals surface area contributed by atoms with Crippen molar-refractivity contribution < 1.29 is 71.9 Å². The van der Waals surface area contributed by atoms with Gasteiger partial charge < -0.3 is 13.7 Å². The Labute approximate surface area is 118 Å². The quantitative estimate of drug-likeness (QED) is 0.341. The maximum Gasteiger partial charge on any atom is 1.00 e. The van der Waals surface area contributed by atoms with Crippen LogP contribution in [0.4, 0.5) is 5.69 Å². The van der Waals surface area contributed by atoms with Crippen LogP contribution in [0.3, 0.4) is 0 Å². The maximum atomic E-state index is 10.3. The van der Waals surface area contributed by atoms with Gasteiger partial charge in [0.25, 0.3) is 0 Å². The molecule has 1 aromatic carbocycles. The molecule has 0 atom stereocenters. The molecule has 5 heteroatoms. The van der Waals surface area contributed by atoms with Crippen LogP contribution in [0, 0.1) is 0 Å². The van der Waals surface area contributed by atoms with Gasteiger partial charge in [-0.15, -0.1) is 0 Å². The smallest absolute Gasteiger partial charge is 1.00 e. The van der Waals surface area contributed by atoms with Crippen LogP contribution < -0.4 is 64.8 Å². The number of nitrogens with two attached hydrogens (primary N) is 1. The van der Waals surface area contributed by atoms with Crippen molar-refractivity contribution in [2.45, 2.75) is 0 Å². The summed E-state index contributed by atoms with van der Waals surface area (Å²) in [4.78, 5) is 10.3. The Morgan fingerprint density at radius 2 is 2.00 bits per heavy atom. The molecule has 3 nitrogen and oxygen atoms in total. The SMILES string of the molecule is Nc1cccc(C(=O)O)c1.[H-].[H-].[Na+].[Na+]. The van der Waals surface area contributed by atoms with Crippen molar-refractivity contribution in [2.75, 3.05) is 5.73 Å². The van der Waals surface area contributed by atoms with Crippen LogP contribution in [0.2, 0.25) is 0 Å². The molecule has 0 radical (unpaired) electrons. The van der Waals surface area contributed by atoms with Gasteiger partial charge in [-0.3, -0.25) is 0 Å². The standard InChI is InChI=1S/C7H7NO2.2Na.2H/c8-6-3-1-2-5(4-6)7(9)10;;;;/h1-4H,8H2,(H,9,10);;;;/q;2*+1;2*-1. The fourth-order valence-electron chi connectivity index (χ4n) is 0.672. The van der Waals surface area contributed by atoms with Crippen molar-refractivity contribution in [3.8, 4) is 0 Å². The second-order valence-corrected chi connectivity index (χ2v) is 1.93. The number of nitrogen functional groups attached to an aromatic ring is 1. The number of rotatable bonds is 1. The molecule has 0 saturated heterocycles. The minimum atomic E-state index is -0.952. The zero-order valence-corrected chi connectivity index (χ0v) is 11.2. The second kappa shape index (κ2) is 6.95. The van der Waals surface area contributed by atoms with Gasteiger partial charge >= 0.3 is 65.1 Å². The van der Waals surface area contributed by atoms with Crippen LogP contribution in [-0.2, 0) is 0 Å². The Kier molecular flexibility index (Phi) is 8.68. The molecule has 1 rings (SSSR count). The van der Waals surface area contributed by atoms with Crippen LogP contribution in [0.1, 0.15) is 13.2 Å². The van der Waals surface area contributed by atoms with Crippen LogP contribution >= 0.6 is 0 Å². The number of benzene rings is 1. The van der Waals surface area contributed by atoms with E-state index in [2.05, 4.69) is 0 Å². The number of hydrogen-bond donors (Lipinski definition) is 2. The normalized spacial score (nSPS) is 7.67. The summed E-state index contributed by atoms with van der Waals surface area (Å²) in [6.45, 7) is 0. The third kappa shape index (κ3) is 4.50. The molecule has 12 heavy (non-hydrogen) atoms. The third-order valence-corrected chi connectivity index (χ3v) is 1.13. The first-order chi connectivity index (χ1) is 4.70. The first kappa shape index (κ1) is 15.0. The van der Waals surface area contributed by atoms with Crippen molar-refractivity contribution in [3.05, 3.63) is 29.8 Å². The number of aromatic carboxylic acids is 1. The zero-order chi connectivity index (χ0) is 7.56. The molecule has 0 fully saturated rings. The summed E-state index contributed by atoms with van der Waals surface area (Å²) in [5.74, 6) is -0.952. The number of anilines is 1. The molecule has 0 amide bonds. The summed E-state index contributed by atoms with van der Waals surface area (Å²) < 4.78 is 0. The Morgan fingerprint density at radius 1 is 1.42 bits per heavy atom. The molecule has 0 heterocycles. The van der Waals surface area contributed by atoms with Gasteiger partial charge in [0.05, 0.1) is 5.56 Å². The van der Waals surface area contributed by atoms with E-state index in [0.29, 0.717) is 5.69 Å². The van der Waals surface area contributed by atoms with Crippen LogP contribution in [-0.4, -0.2) is 11.1 Å². The predicted octanol–water partition coefficient (Wildman–Crippen LogP) is -4.80. The third-order valence-electron chi connectivity index (χ3n) is 1.13. The van der Waals surface area contributed by atoms with Crippen molar-refractivity contribution in [3.63, 3.8) is 0 Å². The van der Waals surface area contributed by atoms with E-state index in [1.807, 2.05) is 0 Å². The monoisotopic (exact) mass is 185 g/mol. The molecule has 0 spiro atoms. The predicted molar refractivity (Wildman–Crippen MR) is 40.0 cm³/mol. The van der Waals surface area contributed by atoms with Crippen molar-refractivity contribution in [1.82, 2.24) is 0 Å². The van der Waals surface area contributed by atoms with Gasteiger partial charge in [0.2, 0.25) is 0 Å². The minimum Gasteiger partial charge on any atom is -1.00 e. The number of carboxylic acid groups (broad SMARTS) is 1. The van der Waals surface area contributed by atoms with Crippen LogP contribution in [0.25, 0.3) is 0 Å². The molecular weight excluding hydrogens is 176 g/mol. The Bertz CT molecular complexity index is 274. The Morgan fingerprint density at radius 3 is 2.33 bits per heavy atom. The van der Waals surface area contributed by atoms with Gasteiger partial charge in [0.15, 0.2) is 0 Å². The van der Waals surface area contributed by atoms with E-state index in [0.717, 1.165) is 0 Å². The molecular formula is C7H9NNa2O2. The Balaban J connectivity index is -0.000000125. The first-order valence-corrected chi connectivity index (χ1v) is 2.79. The molecule has 0 aromatic heterocycles. The van der Waals surface area contributed by atoms with Gasteiger partial charge in [-0.2, -0.15) is 0 Å². The van der Waals surface area contributed by atoms with Gasteiger partial charge in [0.1, 0.15) is 0 Å². The van der Waals surface area contributed by atoms with E-state index in [1.165, 1.54) is 12.1 Å². The summed E-state index contributed by atoms with van der Waals surface area (Å²) in [7, 11) is 0. The van der Waals surface area contributed by atoms with E-state index < -0.39 is 5.97 Å². The summed E-state index contributed by atoms with van der Waals surface area (Å²) in [6.07, 6.45) is 0. The number of carbonyl (C=O) groups is 1. The van der Waals surface area contributed by atoms with Crippen molar-refractivity contribution in [1.29, 1.82) is 0 Å². The van der Waals surface area contributed by atoms with Crippen molar-refractivity contribution >= 4 is 11.7 Å². The molecule has 0 bridgehead atoms. The second-order valence-electron chi connectivity index (χ2n) is 1.93. The van der Waals surface area contributed by atoms with Gasteiger partial charge in [-0.1, -0.05) is 6.07 Å². The molecule has 1 aromatic rings. The van der Waals surface area contributed by atoms with Gasteiger partial charge in [-0.25, -0.2) is 4.79 Å². The van der Waals surface area contributed by atoms with E-state index in [4.69, 9.17) is 10.8 Å². The summed E-state index contributed by atoms with van der Waals surface area (Å²) in [6, 6.07) is 6.17. The van der Waals surface area contributed by atoms with Crippen LogP contribution in [0.15, 0.2) is 24.3 Å². The summed E-state index contributed by atoms with van der Waals surface area (Å²) in [5.41, 5.74) is 6.03. The number of carboxylic acids is 1. The van der Waals surface area contributed by atoms with E-state index in [1.54, 1.807) is 12.1 Å². The molecule has 0 saturated carbocycles. The molecule has 0 unspecified atom stereocenters. The first-order valence-electron chi connectivity index (χ1n) is 2.79. The fraction of sp³-hybridized carbons (Fsp3) is 0. The Hall–Kier alpha value is 0.490.